The molecular weight excluding hydrogens is 264 g/mol. The van der Waals surface area contributed by atoms with E-state index in [2.05, 4.69) is 0 Å². The third kappa shape index (κ3) is 2.98. The Morgan fingerprint density at radius 3 is 2.68 bits per heavy atom. The van der Waals surface area contributed by atoms with Gasteiger partial charge in [-0.25, -0.2) is 4.79 Å². The van der Waals surface area contributed by atoms with Crippen LogP contribution in [0.2, 0.25) is 0 Å². The van der Waals surface area contributed by atoms with E-state index >= 15 is 0 Å². The Hall–Kier alpha value is -1.75. The van der Waals surface area contributed by atoms with Crippen LogP contribution in [-0.4, -0.2) is 23.8 Å². The molecule has 0 saturated carbocycles. The number of fused-ring (bicyclic) bond motifs is 1. The van der Waals surface area contributed by atoms with Gasteiger partial charge in [-0.3, -0.25) is 0 Å². The highest BCUT2D eigenvalue weighted by atomic mass is 32.1. The Balaban J connectivity index is 2.56. The molecule has 1 aromatic heterocycles. The van der Waals surface area contributed by atoms with E-state index in [1.165, 1.54) is 11.3 Å². The first-order valence-electron chi connectivity index (χ1n) is 6.11. The zero-order chi connectivity index (χ0) is 14.0. The average Bonchev–Trinajstić information content (AvgIpc) is 2.73. The Bertz CT molecular complexity index is 601. The fourth-order valence-corrected chi connectivity index (χ4v) is 2.74. The number of carbonyl (C=O) groups is 1. The molecular formula is C14H16O4S. The minimum Gasteiger partial charge on any atom is -0.494 e. The maximum absolute atomic E-state index is 11.1. The van der Waals surface area contributed by atoms with Gasteiger partial charge in [0.05, 0.1) is 12.7 Å². The number of aromatic carboxylic acids is 1. The molecule has 2 aromatic rings. The van der Waals surface area contributed by atoms with Crippen LogP contribution in [0.15, 0.2) is 18.2 Å². The van der Waals surface area contributed by atoms with Crippen LogP contribution >= 0.6 is 11.3 Å². The van der Waals surface area contributed by atoms with E-state index < -0.39 is 5.97 Å². The van der Waals surface area contributed by atoms with Crippen LogP contribution in [0.5, 0.6) is 11.5 Å². The standard InChI is InChI=1S/C14H16O4S/c1-4-17-9-5-11(18-8(2)3)10-7-13(14(15)16)19-12(10)6-9/h5-8H,4H2,1-3H3,(H,15,16). The first-order valence-corrected chi connectivity index (χ1v) is 6.93. The van der Waals surface area contributed by atoms with E-state index in [4.69, 9.17) is 14.6 Å². The third-order valence-electron chi connectivity index (χ3n) is 2.46. The zero-order valence-electron chi connectivity index (χ0n) is 11.1. The van der Waals surface area contributed by atoms with E-state index in [0.717, 1.165) is 10.1 Å². The smallest absolute Gasteiger partial charge is 0.345 e. The molecule has 0 aliphatic heterocycles. The molecule has 0 atom stereocenters. The highest BCUT2D eigenvalue weighted by molar-refractivity contribution is 7.20. The van der Waals surface area contributed by atoms with E-state index in [1.807, 2.05) is 32.9 Å². The summed E-state index contributed by atoms with van der Waals surface area (Å²) in [6, 6.07) is 5.31. The number of benzene rings is 1. The van der Waals surface area contributed by atoms with E-state index in [9.17, 15) is 4.79 Å². The summed E-state index contributed by atoms with van der Waals surface area (Å²) in [4.78, 5) is 11.4. The van der Waals surface area contributed by atoms with Crippen molar-refractivity contribution in [2.45, 2.75) is 26.9 Å². The van der Waals surface area contributed by atoms with Gasteiger partial charge in [-0.15, -0.1) is 11.3 Å². The van der Waals surface area contributed by atoms with Crippen molar-refractivity contribution < 1.29 is 19.4 Å². The van der Waals surface area contributed by atoms with Crippen LogP contribution in [0.3, 0.4) is 0 Å². The topological polar surface area (TPSA) is 55.8 Å². The largest absolute Gasteiger partial charge is 0.494 e. The summed E-state index contributed by atoms with van der Waals surface area (Å²) < 4.78 is 12.1. The molecule has 102 valence electrons. The molecule has 4 nitrogen and oxygen atoms in total. The number of ether oxygens (including phenoxy) is 2. The SMILES string of the molecule is CCOc1cc(OC(C)C)c2cc(C(=O)O)sc2c1. The van der Waals surface area contributed by atoms with Crippen LogP contribution in [0.1, 0.15) is 30.4 Å². The molecule has 19 heavy (non-hydrogen) atoms. The number of hydrogen-bond donors (Lipinski definition) is 1. The number of thiophene rings is 1. The minimum atomic E-state index is -0.922. The highest BCUT2D eigenvalue weighted by Gasteiger charge is 2.14. The summed E-state index contributed by atoms with van der Waals surface area (Å²) in [5, 5.41) is 9.89. The molecule has 0 saturated heterocycles. The van der Waals surface area contributed by atoms with Crippen molar-refractivity contribution in [3.8, 4) is 11.5 Å². The number of hydrogen-bond acceptors (Lipinski definition) is 4. The van der Waals surface area contributed by atoms with Gasteiger partial charge >= 0.3 is 5.97 Å². The average molecular weight is 280 g/mol. The second-order valence-corrected chi connectivity index (χ2v) is 5.43. The lowest BCUT2D eigenvalue weighted by Gasteiger charge is -2.12. The van der Waals surface area contributed by atoms with Gasteiger partial charge in [0.25, 0.3) is 0 Å². The second kappa shape index (κ2) is 5.48. The van der Waals surface area contributed by atoms with Crippen LogP contribution < -0.4 is 9.47 Å². The zero-order valence-corrected chi connectivity index (χ0v) is 11.9. The van der Waals surface area contributed by atoms with Crippen LogP contribution in [-0.2, 0) is 0 Å². The normalized spacial score (nSPS) is 10.9. The number of rotatable bonds is 5. The fraction of sp³-hybridized carbons (Fsp3) is 0.357. The fourth-order valence-electron chi connectivity index (χ4n) is 1.79. The van der Waals surface area contributed by atoms with Gasteiger partial charge in [-0.1, -0.05) is 0 Å². The molecule has 0 bridgehead atoms. The summed E-state index contributed by atoms with van der Waals surface area (Å²) in [6.45, 7) is 6.33. The lowest BCUT2D eigenvalue weighted by atomic mass is 10.2. The Morgan fingerprint density at radius 1 is 1.37 bits per heavy atom. The predicted molar refractivity (Wildman–Crippen MR) is 75.7 cm³/mol. The molecule has 0 radical (unpaired) electrons. The van der Waals surface area contributed by atoms with Gasteiger partial charge in [0.2, 0.25) is 0 Å². The lowest BCUT2D eigenvalue weighted by Crippen LogP contribution is -2.06. The summed E-state index contributed by atoms with van der Waals surface area (Å²) >= 11 is 1.23. The molecule has 0 aliphatic rings. The van der Waals surface area contributed by atoms with Gasteiger partial charge < -0.3 is 14.6 Å². The summed E-state index contributed by atoms with van der Waals surface area (Å²) in [7, 11) is 0. The van der Waals surface area contributed by atoms with E-state index in [0.29, 0.717) is 23.0 Å². The van der Waals surface area contributed by atoms with Gasteiger partial charge in [0, 0.05) is 16.2 Å². The third-order valence-corrected chi connectivity index (χ3v) is 3.53. The van der Waals surface area contributed by atoms with E-state index in [1.54, 1.807) is 6.07 Å². The molecule has 0 aliphatic carbocycles. The van der Waals surface area contributed by atoms with Crippen molar-refractivity contribution in [2.24, 2.45) is 0 Å². The van der Waals surface area contributed by atoms with Gasteiger partial charge in [-0.05, 0) is 32.9 Å². The molecule has 2 rings (SSSR count). The molecule has 0 amide bonds. The summed E-state index contributed by atoms with van der Waals surface area (Å²) in [5.41, 5.74) is 0. The van der Waals surface area contributed by atoms with Crippen molar-refractivity contribution in [3.05, 3.63) is 23.1 Å². The first kappa shape index (κ1) is 13.7. The van der Waals surface area contributed by atoms with Crippen molar-refractivity contribution in [3.63, 3.8) is 0 Å². The molecule has 1 heterocycles. The molecule has 0 unspecified atom stereocenters. The molecule has 0 fully saturated rings. The lowest BCUT2D eigenvalue weighted by molar-refractivity contribution is 0.0702. The Morgan fingerprint density at radius 2 is 2.11 bits per heavy atom. The summed E-state index contributed by atoms with van der Waals surface area (Å²) in [6.07, 6.45) is 0.0215. The van der Waals surface area contributed by atoms with Crippen molar-refractivity contribution in [1.82, 2.24) is 0 Å². The van der Waals surface area contributed by atoms with Crippen LogP contribution in [0.4, 0.5) is 0 Å². The quantitative estimate of drug-likeness (QED) is 0.905. The maximum atomic E-state index is 11.1. The van der Waals surface area contributed by atoms with Gasteiger partial charge in [0.15, 0.2) is 0 Å². The van der Waals surface area contributed by atoms with Gasteiger partial charge in [0.1, 0.15) is 16.4 Å². The van der Waals surface area contributed by atoms with Crippen molar-refractivity contribution in [2.75, 3.05) is 6.61 Å². The first-order chi connectivity index (χ1) is 9.01. The molecule has 5 heteroatoms. The Labute approximate surface area is 115 Å². The number of carboxylic acid groups (broad SMARTS) is 1. The predicted octanol–water partition coefficient (Wildman–Crippen LogP) is 3.79. The maximum Gasteiger partial charge on any atom is 0.345 e. The molecule has 1 N–H and O–H groups in total. The highest BCUT2D eigenvalue weighted by Crippen LogP contribution is 2.37. The monoisotopic (exact) mass is 280 g/mol. The second-order valence-electron chi connectivity index (χ2n) is 4.35. The minimum absolute atomic E-state index is 0.0215. The van der Waals surface area contributed by atoms with Crippen molar-refractivity contribution in [1.29, 1.82) is 0 Å². The van der Waals surface area contributed by atoms with Crippen molar-refractivity contribution >= 4 is 27.4 Å². The Kier molecular flexibility index (Phi) is 3.95. The van der Waals surface area contributed by atoms with Crippen LogP contribution in [0.25, 0.3) is 10.1 Å². The summed E-state index contributed by atoms with van der Waals surface area (Å²) in [5.74, 6) is 0.443. The molecule has 1 aromatic carbocycles. The molecule has 0 spiro atoms. The number of carboxylic acids is 1. The van der Waals surface area contributed by atoms with Gasteiger partial charge in [-0.2, -0.15) is 0 Å². The van der Waals surface area contributed by atoms with E-state index in [-0.39, 0.29) is 6.10 Å². The van der Waals surface area contributed by atoms with Crippen LogP contribution in [0, 0.1) is 0 Å².